The third kappa shape index (κ3) is 3.80. The summed E-state index contributed by atoms with van der Waals surface area (Å²) in [5.74, 6) is -0.232. The molecule has 0 radical (unpaired) electrons. The summed E-state index contributed by atoms with van der Waals surface area (Å²) in [6, 6.07) is 19.6. The molecule has 1 aliphatic heterocycles. The van der Waals surface area contributed by atoms with Gasteiger partial charge in [-0.15, -0.1) is 0 Å². The van der Waals surface area contributed by atoms with E-state index in [1.807, 2.05) is 32.0 Å². The van der Waals surface area contributed by atoms with Gasteiger partial charge in [-0.3, -0.25) is 9.59 Å². The molecular weight excluding hydrogens is 412 g/mol. The zero-order chi connectivity index (χ0) is 22.1. The maximum Gasteiger partial charge on any atom is 0.282 e. The molecule has 0 unspecified atom stereocenters. The van der Waals surface area contributed by atoms with Gasteiger partial charge in [0.05, 0.1) is 23.4 Å². The number of aryl methyl sites for hydroxylation is 2. The lowest BCUT2D eigenvalue weighted by Gasteiger charge is -2.17. The fourth-order valence-corrected chi connectivity index (χ4v) is 3.71. The van der Waals surface area contributed by atoms with E-state index < -0.39 is 11.8 Å². The lowest BCUT2D eigenvalue weighted by atomic mass is 10.0. The number of halogens is 1. The second-order valence-corrected chi connectivity index (χ2v) is 7.71. The zero-order valence-corrected chi connectivity index (χ0v) is 18.2. The summed E-state index contributed by atoms with van der Waals surface area (Å²) < 4.78 is 5.22. The fraction of sp³-hybridized carbons (Fsp3) is 0.120. The summed E-state index contributed by atoms with van der Waals surface area (Å²) in [6.07, 6.45) is 0. The van der Waals surface area contributed by atoms with E-state index in [0.29, 0.717) is 22.0 Å². The minimum atomic E-state index is -0.456. The number of carbonyl (C=O) groups is 2. The zero-order valence-electron chi connectivity index (χ0n) is 17.4. The molecule has 3 aromatic rings. The average molecular weight is 433 g/mol. The first-order valence-corrected chi connectivity index (χ1v) is 10.1. The van der Waals surface area contributed by atoms with Crippen molar-refractivity contribution in [3.63, 3.8) is 0 Å². The number of imide groups is 1. The first-order valence-electron chi connectivity index (χ1n) is 9.77. The van der Waals surface area contributed by atoms with E-state index in [1.54, 1.807) is 55.6 Å². The molecule has 1 aliphatic rings. The molecule has 0 fully saturated rings. The van der Waals surface area contributed by atoms with Crippen molar-refractivity contribution in [3.8, 4) is 5.75 Å². The summed E-state index contributed by atoms with van der Waals surface area (Å²) in [5, 5.41) is 3.50. The van der Waals surface area contributed by atoms with Crippen LogP contribution in [0.4, 0.5) is 11.4 Å². The van der Waals surface area contributed by atoms with Crippen LogP contribution in [0.25, 0.3) is 5.57 Å². The molecule has 4 rings (SSSR count). The predicted molar refractivity (Wildman–Crippen MR) is 123 cm³/mol. The van der Waals surface area contributed by atoms with Crippen LogP contribution >= 0.6 is 11.6 Å². The van der Waals surface area contributed by atoms with Gasteiger partial charge in [0.1, 0.15) is 11.4 Å². The molecular formula is C25H21ClN2O3. The van der Waals surface area contributed by atoms with Gasteiger partial charge in [0.2, 0.25) is 0 Å². The lowest BCUT2D eigenvalue weighted by Crippen LogP contribution is -2.32. The average Bonchev–Trinajstić information content (AvgIpc) is 3.01. The molecule has 156 valence electrons. The normalized spacial score (nSPS) is 13.7. The molecule has 0 bridgehead atoms. The van der Waals surface area contributed by atoms with E-state index >= 15 is 0 Å². The maximum atomic E-state index is 13.5. The number of carbonyl (C=O) groups excluding carboxylic acids is 2. The first kappa shape index (κ1) is 20.7. The van der Waals surface area contributed by atoms with Gasteiger partial charge in [-0.1, -0.05) is 41.9 Å². The Morgan fingerprint density at radius 2 is 1.58 bits per heavy atom. The Kier molecular flexibility index (Phi) is 5.53. The lowest BCUT2D eigenvalue weighted by molar-refractivity contribution is -0.120. The standard InChI is InChI=1S/C25H21ClN2O3/c1-15-8-11-18(14-16(15)2)27-23-22(17-9-12-19(31-3)13-10-17)24(29)28(25(23)30)21-7-5-4-6-20(21)26/h4-14,27H,1-3H3. The number of hydrogen-bond donors (Lipinski definition) is 1. The summed E-state index contributed by atoms with van der Waals surface area (Å²) in [5.41, 5.74) is 4.40. The summed E-state index contributed by atoms with van der Waals surface area (Å²) in [6.45, 7) is 4.02. The summed E-state index contributed by atoms with van der Waals surface area (Å²) in [4.78, 5) is 28.0. The number of hydrogen-bond acceptors (Lipinski definition) is 4. The van der Waals surface area contributed by atoms with Gasteiger partial charge in [-0.25, -0.2) is 4.90 Å². The molecule has 6 heteroatoms. The Bertz CT molecular complexity index is 1220. The van der Waals surface area contributed by atoms with Crippen LogP contribution in [0.5, 0.6) is 5.75 Å². The van der Waals surface area contributed by atoms with Crippen LogP contribution in [0.1, 0.15) is 16.7 Å². The van der Waals surface area contributed by atoms with Gasteiger partial charge < -0.3 is 10.1 Å². The molecule has 0 aliphatic carbocycles. The second-order valence-electron chi connectivity index (χ2n) is 7.30. The molecule has 0 saturated heterocycles. The van der Waals surface area contributed by atoms with Gasteiger partial charge in [0.25, 0.3) is 11.8 Å². The smallest absolute Gasteiger partial charge is 0.282 e. The molecule has 3 aromatic carbocycles. The Hall–Kier alpha value is -3.57. The van der Waals surface area contributed by atoms with Crippen molar-refractivity contribution in [3.05, 3.63) is 94.1 Å². The SMILES string of the molecule is COc1ccc(C2=C(Nc3ccc(C)c(C)c3)C(=O)N(c3ccccc3Cl)C2=O)cc1. The van der Waals surface area contributed by atoms with Crippen LogP contribution in [-0.2, 0) is 9.59 Å². The number of nitrogens with one attached hydrogen (secondary N) is 1. The van der Waals surface area contributed by atoms with Gasteiger partial charge in [0.15, 0.2) is 0 Å². The predicted octanol–water partition coefficient (Wildman–Crippen LogP) is 5.36. The van der Waals surface area contributed by atoms with E-state index in [-0.39, 0.29) is 11.3 Å². The third-order valence-electron chi connectivity index (χ3n) is 5.33. The summed E-state index contributed by atoms with van der Waals surface area (Å²) in [7, 11) is 1.57. The number of ether oxygens (including phenoxy) is 1. The number of nitrogens with zero attached hydrogens (tertiary/aromatic N) is 1. The van der Waals surface area contributed by atoms with Crippen molar-refractivity contribution >= 4 is 40.4 Å². The molecule has 0 aromatic heterocycles. The van der Waals surface area contributed by atoms with Crippen LogP contribution in [0.3, 0.4) is 0 Å². The molecule has 0 saturated carbocycles. The van der Waals surface area contributed by atoms with E-state index in [0.717, 1.165) is 21.7 Å². The molecule has 1 N–H and O–H groups in total. The van der Waals surface area contributed by atoms with E-state index in [9.17, 15) is 9.59 Å². The second kappa shape index (κ2) is 8.28. The molecule has 2 amide bonds. The van der Waals surface area contributed by atoms with E-state index in [1.165, 1.54) is 0 Å². The van der Waals surface area contributed by atoms with Crippen molar-refractivity contribution in [1.29, 1.82) is 0 Å². The molecule has 1 heterocycles. The highest BCUT2D eigenvalue weighted by Gasteiger charge is 2.41. The molecule has 31 heavy (non-hydrogen) atoms. The molecule has 5 nitrogen and oxygen atoms in total. The number of methoxy groups -OCH3 is 1. The highest BCUT2D eigenvalue weighted by atomic mass is 35.5. The topological polar surface area (TPSA) is 58.6 Å². The van der Waals surface area contributed by atoms with E-state index in [4.69, 9.17) is 16.3 Å². The maximum absolute atomic E-state index is 13.5. The van der Waals surface area contributed by atoms with Gasteiger partial charge >= 0.3 is 0 Å². The Morgan fingerprint density at radius 3 is 2.23 bits per heavy atom. The number of para-hydroxylation sites is 1. The summed E-state index contributed by atoms with van der Waals surface area (Å²) >= 11 is 6.31. The number of anilines is 2. The molecule has 0 spiro atoms. The van der Waals surface area contributed by atoms with Gasteiger partial charge in [-0.2, -0.15) is 0 Å². The quantitative estimate of drug-likeness (QED) is 0.551. The number of benzene rings is 3. The number of rotatable bonds is 5. The van der Waals surface area contributed by atoms with Crippen molar-refractivity contribution in [2.24, 2.45) is 0 Å². The first-order chi connectivity index (χ1) is 14.9. The van der Waals surface area contributed by atoms with Crippen LogP contribution in [0.2, 0.25) is 5.02 Å². The van der Waals surface area contributed by atoms with Gasteiger partial charge in [-0.05, 0) is 66.9 Å². The van der Waals surface area contributed by atoms with Gasteiger partial charge in [0, 0.05) is 5.69 Å². The highest BCUT2D eigenvalue weighted by molar-refractivity contribution is 6.48. The minimum Gasteiger partial charge on any atom is -0.497 e. The largest absolute Gasteiger partial charge is 0.497 e. The van der Waals surface area contributed by atoms with Crippen molar-refractivity contribution < 1.29 is 14.3 Å². The Morgan fingerprint density at radius 1 is 0.871 bits per heavy atom. The van der Waals surface area contributed by atoms with Crippen molar-refractivity contribution in [2.45, 2.75) is 13.8 Å². The third-order valence-corrected chi connectivity index (χ3v) is 5.65. The Labute approximate surface area is 185 Å². The number of amides is 2. The Balaban J connectivity index is 1.83. The fourth-order valence-electron chi connectivity index (χ4n) is 3.49. The van der Waals surface area contributed by atoms with Crippen LogP contribution in [0.15, 0.2) is 72.4 Å². The van der Waals surface area contributed by atoms with Crippen molar-refractivity contribution in [2.75, 3.05) is 17.3 Å². The van der Waals surface area contributed by atoms with Crippen LogP contribution < -0.4 is 15.0 Å². The molecule has 0 atom stereocenters. The minimum absolute atomic E-state index is 0.207. The monoisotopic (exact) mass is 432 g/mol. The van der Waals surface area contributed by atoms with Crippen molar-refractivity contribution in [1.82, 2.24) is 0 Å². The van der Waals surface area contributed by atoms with Crippen LogP contribution in [-0.4, -0.2) is 18.9 Å². The highest BCUT2D eigenvalue weighted by Crippen LogP contribution is 2.37. The van der Waals surface area contributed by atoms with E-state index in [2.05, 4.69) is 5.32 Å². The van der Waals surface area contributed by atoms with Crippen LogP contribution in [0, 0.1) is 13.8 Å².